The number of carbonyl (C=O) groups is 1. The standard InChI is InChI=1S/C12H13BrClNO4S/c13-8-2-3-10(9(14)6-8)20(18,19)15-7-12(11(16)17)4-1-5-12/h2-3,6,15H,1,4-5,7H2,(H,16,17). The van der Waals surface area contributed by atoms with Crippen molar-refractivity contribution in [2.24, 2.45) is 5.41 Å². The van der Waals surface area contributed by atoms with Crippen molar-refractivity contribution in [2.75, 3.05) is 6.54 Å². The number of rotatable bonds is 5. The summed E-state index contributed by atoms with van der Waals surface area (Å²) >= 11 is 9.10. The van der Waals surface area contributed by atoms with Crippen molar-refractivity contribution >= 4 is 43.5 Å². The fraction of sp³-hybridized carbons (Fsp3) is 0.417. The van der Waals surface area contributed by atoms with Crippen molar-refractivity contribution in [3.63, 3.8) is 0 Å². The highest BCUT2D eigenvalue weighted by molar-refractivity contribution is 9.10. The second-order valence-electron chi connectivity index (χ2n) is 4.84. The average Bonchev–Trinajstić information content (AvgIpc) is 2.25. The molecule has 1 saturated carbocycles. The molecule has 0 saturated heterocycles. The average molecular weight is 383 g/mol. The Hall–Kier alpha value is -0.630. The zero-order chi connectivity index (χ0) is 15.0. The molecule has 0 amide bonds. The maximum Gasteiger partial charge on any atom is 0.310 e. The Bertz CT molecular complexity index is 643. The molecule has 0 aromatic heterocycles. The van der Waals surface area contributed by atoms with Crippen LogP contribution in [0.5, 0.6) is 0 Å². The second kappa shape index (κ2) is 5.63. The number of hydrogen-bond acceptors (Lipinski definition) is 3. The molecule has 1 fully saturated rings. The maximum atomic E-state index is 12.2. The predicted octanol–water partition coefficient (Wildman–Crippen LogP) is 2.64. The monoisotopic (exact) mass is 381 g/mol. The number of nitrogens with one attached hydrogen (secondary N) is 1. The molecule has 0 aliphatic heterocycles. The summed E-state index contributed by atoms with van der Waals surface area (Å²) in [5.41, 5.74) is -0.977. The summed E-state index contributed by atoms with van der Waals surface area (Å²) in [7, 11) is -3.82. The Kier molecular flexibility index (Phi) is 4.44. The molecule has 1 aliphatic rings. The number of halogens is 2. The SMILES string of the molecule is O=C(O)C1(CNS(=O)(=O)c2ccc(Br)cc2Cl)CCC1. The van der Waals surface area contributed by atoms with Crippen LogP contribution in [-0.2, 0) is 14.8 Å². The molecule has 2 rings (SSSR count). The Balaban J connectivity index is 2.17. The van der Waals surface area contributed by atoms with Crippen molar-refractivity contribution in [1.29, 1.82) is 0 Å². The van der Waals surface area contributed by atoms with Gasteiger partial charge in [-0.1, -0.05) is 34.0 Å². The normalized spacial score (nSPS) is 17.5. The number of aliphatic carboxylic acids is 1. The maximum absolute atomic E-state index is 12.2. The molecule has 20 heavy (non-hydrogen) atoms. The van der Waals surface area contributed by atoms with Gasteiger partial charge in [-0.05, 0) is 31.0 Å². The van der Waals surface area contributed by atoms with E-state index >= 15 is 0 Å². The van der Waals surface area contributed by atoms with Gasteiger partial charge in [0.1, 0.15) is 4.90 Å². The van der Waals surface area contributed by atoms with Gasteiger partial charge in [-0.15, -0.1) is 0 Å². The van der Waals surface area contributed by atoms with Crippen LogP contribution in [0.3, 0.4) is 0 Å². The van der Waals surface area contributed by atoms with Crippen LogP contribution in [-0.4, -0.2) is 26.0 Å². The van der Waals surface area contributed by atoms with E-state index in [4.69, 9.17) is 11.6 Å². The first-order valence-corrected chi connectivity index (χ1v) is 8.60. The molecule has 0 heterocycles. The van der Waals surface area contributed by atoms with Gasteiger partial charge >= 0.3 is 5.97 Å². The molecule has 5 nitrogen and oxygen atoms in total. The Morgan fingerprint density at radius 2 is 2.10 bits per heavy atom. The van der Waals surface area contributed by atoms with Gasteiger partial charge in [0, 0.05) is 11.0 Å². The van der Waals surface area contributed by atoms with Crippen LogP contribution in [0.4, 0.5) is 0 Å². The summed E-state index contributed by atoms with van der Waals surface area (Å²) in [5.74, 6) is -0.964. The van der Waals surface area contributed by atoms with Crippen molar-refractivity contribution in [1.82, 2.24) is 4.72 Å². The summed E-state index contributed by atoms with van der Waals surface area (Å²) in [6.45, 7) is -0.114. The van der Waals surface area contributed by atoms with Crippen molar-refractivity contribution < 1.29 is 18.3 Å². The summed E-state index contributed by atoms with van der Waals surface area (Å²) in [5, 5.41) is 9.26. The molecule has 0 atom stereocenters. The fourth-order valence-corrected chi connectivity index (χ4v) is 4.24. The molecule has 8 heteroatoms. The lowest BCUT2D eigenvalue weighted by Gasteiger charge is -2.37. The van der Waals surface area contributed by atoms with Gasteiger partial charge in [0.2, 0.25) is 10.0 Å². The van der Waals surface area contributed by atoms with Crippen LogP contribution < -0.4 is 4.72 Å². The van der Waals surface area contributed by atoms with Crippen LogP contribution in [0.2, 0.25) is 5.02 Å². The van der Waals surface area contributed by atoms with Crippen molar-refractivity contribution in [2.45, 2.75) is 24.2 Å². The van der Waals surface area contributed by atoms with E-state index in [1.54, 1.807) is 6.07 Å². The first-order chi connectivity index (χ1) is 9.27. The van der Waals surface area contributed by atoms with E-state index in [-0.39, 0.29) is 16.5 Å². The third kappa shape index (κ3) is 3.00. The minimum absolute atomic E-state index is 0.0535. The predicted molar refractivity (Wildman–Crippen MR) is 78.3 cm³/mol. The third-order valence-electron chi connectivity index (χ3n) is 3.55. The van der Waals surface area contributed by atoms with E-state index in [0.29, 0.717) is 17.3 Å². The van der Waals surface area contributed by atoms with E-state index in [0.717, 1.165) is 6.42 Å². The van der Waals surface area contributed by atoms with Gasteiger partial charge in [-0.3, -0.25) is 4.79 Å². The lowest BCUT2D eigenvalue weighted by molar-refractivity contribution is -0.153. The summed E-state index contributed by atoms with van der Waals surface area (Å²) in [6, 6.07) is 4.42. The van der Waals surface area contributed by atoms with E-state index in [9.17, 15) is 18.3 Å². The lowest BCUT2D eigenvalue weighted by atomic mass is 9.69. The van der Waals surface area contributed by atoms with E-state index < -0.39 is 21.4 Å². The first-order valence-electron chi connectivity index (χ1n) is 5.95. The summed E-state index contributed by atoms with van der Waals surface area (Å²) < 4.78 is 27.4. The largest absolute Gasteiger partial charge is 0.481 e. The highest BCUT2D eigenvalue weighted by atomic mass is 79.9. The molecule has 0 bridgehead atoms. The number of sulfonamides is 1. The molecule has 110 valence electrons. The third-order valence-corrected chi connectivity index (χ3v) is 5.93. The van der Waals surface area contributed by atoms with Gasteiger partial charge in [-0.25, -0.2) is 13.1 Å². The van der Waals surface area contributed by atoms with Gasteiger partial charge in [0.15, 0.2) is 0 Å². The molecule has 0 radical (unpaired) electrons. The van der Waals surface area contributed by atoms with Crippen molar-refractivity contribution in [3.05, 3.63) is 27.7 Å². The number of benzene rings is 1. The molecule has 0 spiro atoms. The fourth-order valence-electron chi connectivity index (χ4n) is 2.07. The lowest BCUT2D eigenvalue weighted by Crippen LogP contribution is -2.47. The van der Waals surface area contributed by atoms with Crippen LogP contribution in [0.25, 0.3) is 0 Å². The molecule has 1 aromatic carbocycles. The number of hydrogen-bond donors (Lipinski definition) is 2. The minimum Gasteiger partial charge on any atom is -0.481 e. The zero-order valence-corrected chi connectivity index (χ0v) is 13.6. The molecule has 0 unspecified atom stereocenters. The highest BCUT2D eigenvalue weighted by Gasteiger charge is 2.45. The van der Waals surface area contributed by atoms with Crippen molar-refractivity contribution in [3.8, 4) is 0 Å². The highest BCUT2D eigenvalue weighted by Crippen LogP contribution is 2.40. The molecular formula is C12H13BrClNO4S. The van der Waals surface area contributed by atoms with E-state index in [2.05, 4.69) is 20.7 Å². The van der Waals surface area contributed by atoms with Crippen LogP contribution >= 0.6 is 27.5 Å². The topological polar surface area (TPSA) is 83.5 Å². The van der Waals surface area contributed by atoms with Gasteiger partial charge < -0.3 is 5.11 Å². The Morgan fingerprint density at radius 3 is 2.55 bits per heavy atom. The van der Waals surface area contributed by atoms with Gasteiger partial charge in [0.05, 0.1) is 10.4 Å². The minimum atomic E-state index is -3.82. The second-order valence-corrected chi connectivity index (χ2v) is 7.90. The summed E-state index contributed by atoms with van der Waals surface area (Å²) in [4.78, 5) is 11.1. The van der Waals surface area contributed by atoms with Crippen LogP contribution in [0.1, 0.15) is 19.3 Å². The van der Waals surface area contributed by atoms with E-state index in [1.165, 1.54) is 12.1 Å². The van der Waals surface area contributed by atoms with E-state index in [1.807, 2.05) is 0 Å². The molecule has 2 N–H and O–H groups in total. The Morgan fingerprint density at radius 1 is 1.45 bits per heavy atom. The van der Waals surface area contributed by atoms with Gasteiger partial charge in [0.25, 0.3) is 0 Å². The Labute approximate surface area is 130 Å². The quantitative estimate of drug-likeness (QED) is 0.820. The number of carboxylic acids is 1. The molecule has 1 aromatic rings. The van der Waals surface area contributed by atoms with Crippen LogP contribution in [0, 0.1) is 5.41 Å². The molecule has 1 aliphatic carbocycles. The van der Waals surface area contributed by atoms with Crippen LogP contribution in [0.15, 0.2) is 27.6 Å². The summed E-state index contributed by atoms with van der Waals surface area (Å²) in [6.07, 6.45) is 1.77. The smallest absolute Gasteiger partial charge is 0.310 e. The van der Waals surface area contributed by atoms with Gasteiger partial charge in [-0.2, -0.15) is 0 Å². The zero-order valence-electron chi connectivity index (χ0n) is 10.4. The first kappa shape index (κ1) is 15.8. The number of carboxylic acid groups (broad SMARTS) is 1. The molecular weight excluding hydrogens is 370 g/mol.